The molecule has 0 fully saturated rings. The maximum absolute atomic E-state index is 5.16. The maximum Gasteiger partial charge on any atom is 0.119 e. The molecule has 0 saturated carbocycles. The van der Waals surface area contributed by atoms with Crippen LogP contribution in [0.25, 0.3) is 10.8 Å². The summed E-state index contributed by atoms with van der Waals surface area (Å²) in [5.74, 6) is 0.915. The highest BCUT2D eigenvalue weighted by atomic mass is 16.5. The Morgan fingerprint density at radius 1 is 1.08 bits per heavy atom. The molecule has 0 saturated heterocycles. The molecule has 0 spiro atoms. The van der Waals surface area contributed by atoms with Crippen LogP contribution in [0.3, 0.4) is 0 Å². The number of rotatable bonds is 1. The Hall–Kier alpha value is -1.50. The molecule has 2 rings (SSSR count). The zero-order valence-electron chi connectivity index (χ0n) is 7.87. The van der Waals surface area contributed by atoms with Gasteiger partial charge in [0, 0.05) is 0 Å². The molecule has 66 valence electrons. The van der Waals surface area contributed by atoms with Crippen molar-refractivity contribution in [3.8, 4) is 5.75 Å². The molecule has 0 aliphatic heterocycles. The van der Waals surface area contributed by atoms with Gasteiger partial charge in [0.2, 0.25) is 0 Å². The third kappa shape index (κ3) is 1.37. The Bertz CT molecular complexity index is 432. The van der Waals surface area contributed by atoms with E-state index in [-0.39, 0.29) is 0 Å². The summed E-state index contributed by atoms with van der Waals surface area (Å²) in [6, 6.07) is 12.4. The van der Waals surface area contributed by atoms with Gasteiger partial charge < -0.3 is 4.74 Å². The van der Waals surface area contributed by atoms with Crippen molar-refractivity contribution in [3.05, 3.63) is 42.0 Å². The van der Waals surface area contributed by atoms with E-state index < -0.39 is 0 Å². The van der Waals surface area contributed by atoms with E-state index in [1.165, 1.54) is 16.3 Å². The van der Waals surface area contributed by atoms with Crippen LogP contribution in [0.5, 0.6) is 5.75 Å². The summed E-state index contributed by atoms with van der Waals surface area (Å²) in [6.45, 7) is 2.12. The van der Waals surface area contributed by atoms with Crippen LogP contribution in [0.2, 0.25) is 0 Å². The summed E-state index contributed by atoms with van der Waals surface area (Å²) in [5, 5.41) is 2.53. The van der Waals surface area contributed by atoms with Gasteiger partial charge >= 0.3 is 0 Å². The monoisotopic (exact) mass is 172 g/mol. The standard InChI is InChI=1S/C12H12O/c1-9-4-3-5-10-8-11(13-2)6-7-12(9)10/h3-8H,1-2H3. The van der Waals surface area contributed by atoms with Crippen LogP contribution in [0.1, 0.15) is 5.56 Å². The second kappa shape index (κ2) is 3.09. The smallest absolute Gasteiger partial charge is 0.119 e. The molecular formula is C12H12O. The molecule has 1 heteroatoms. The molecule has 0 aromatic heterocycles. The van der Waals surface area contributed by atoms with Gasteiger partial charge in [-0.25, -0.2) is 0 Å². The predicted octanol–water partition coefficient (Wildman–Crippen LogP) is 3.16. The van der Waals surface area contributed by atoms with Gasteiger partial charge in [-0.1, -0.05) is 24.3 Å². The van der Waals surface area contributed by atoms with E-state index >= 15 is 0 Å². The van der Waals surface area contributed by atoms with Gasteiger partial charge in [-0.15, -0.1) is 0 Å². The Kier molecular flexibility index (Phi) is 1.93. The van der Waals surface area contributed by atoms with Gasteiger partial charge in [-0.05, 0) is 35.4 Å². The fourth-order valence-corrected chi connectivity index (χ4v) is 1.55. The molecule has 1 nitrogen and oxygen atoms in total. The molecule has 0 radical (unpaired) electrons. The maximum atomic E-state index is 5.16. The Morgan fingerprint density at radius 2 is 1.92 bits per heavy atom. The van der Waals surface area contributed by atoms with E-state index in [9.17, 15) is 0 Å². The Balaban J connectivity index is 2.72. The van der Waals surface area contributed by atoms with Crippen molar-refractivity contribution in [3.63, 3.8) is 0 Å². The highest BCUT2D eigenvalue weighted by molar-refractivity contribution is 5.86. The molecule has 2 aromatic rings. The fraction of sp³-hybridized carbons (Fsp3) is 0.167. The first kappa shape index (κ1) is 8.11. The molecule has 0 bridgehead atoms. The van der Waals surface area contributed by atoms with Gasteiger partial charge in [-0.2, -0.15) is 0 Å². The van der Waals surface area contributed by atoms with Gasteiger partial charge in [-0.3, -0.25) is 0 Å². The summed E-state index contributed by atoms with van der Waals surface area (Å²) in [6.07, 6.45) is 0. The van der Waals surface area contributed by atoms with Crippen molar-refractivity contribution in [2.75, 3.05) is 7.11 Å². The highest BCUT2D eigenvalue weighted by Crippen LogP contribution is 2.22. The van der Waals surface area contributed by atoms with Crippen molar-refractivity contribution in [2.45, 2.75) is 6.92 Å². The average Bonchev–Trinajstić information content (AvgIpc) is 2.18. The first-order valence-corrected chi connectivity index (χ1v) is 4.34. The summed E-state index contributed by atoms with van der Waals surface area (Å²) in [4.78, 5) is 0. The van der Waals surface area contributed by atoms with Crippen LogP contribution in [-0.4, -0.2) is 7.11 Å². The quantitative estimate of drug-likeness (QED) is 0.642. The minimum Gasteiger partial charge on any atom is -0.497 e. The van der Waals surface area contributed by atoms with Crippen molar-refractivity contribution < 1.29 is 4.74 Å². The Morgan fingerprint density at radius 3 is 2.69 bits per heavy atom. The van der Waals surface area contributed by atoms with Crippen LogP contribution in [0.4, 0.5) is 0 Å². The normalized spacial score (nSPS) is 10.3. The second-order valence-corrected chi connectivity index (χ2v) is 3.16. The second-order valence-electron chi connectivity index (χ2n) is 3.16. The fourth-order valence-electron chi connectivity index (χ4n) is 1.55. The summed E-state index contributed by atoms with van der Waals surface area (Å²) in [7, 11) is 1.69. The van der Waals surface area contributed by atoms with Crippen LogP contribution < -0.4 is 4.74 Å². The minimum absolute atomic E-state index is 0.915. The number of ether oxygens (including phenoxy) is 1. The first-order valence-electron chi connectivity index (χ1n) is 4.34. The minimum atomic E-state index is 0.915. The molecule has 0 heterocycles. The number of aryl methyl sites for hydroxylation is 1. The zero-order valence-corrected chi connectivity index (χ0v) is 7.87. The lowest BCUT2D eigenvalue weighted by Gasteiger charge is -2.04. The molecule has 0 atom stereocenters. The topological polar surface area (TPSA) is 9.23 Å². The van der Waals surface area contributed by atoms with Crippen LogP contribution in [0, 0.1) is 6.92 Å². The molecule has 0 aliphatic rings. The van der Waals surface area contributed by atoms with E-state index in [2.05, 4.69) is 37.3 Å². The van der Waals surface area contributed by atoms with E-state index in [0.29, 0.717) is 0 Å². The lowest BCUT2D eigenvalue weighted by Crippen LogP contribution is -1.83. The molecule has 0 amide bonds. The van der Waals surface area contributed by atoms with Crippen molar-refractivity contribution in [1.82, 2.24) is 0 Å². The number of hydrogen-bond acceptors (Lipinski definition) is 1. The van der Waals surface area contributed by atoms with Gasteiger partial charge in [0.25, 0.3) is 0 Å². The van der Waals surface area contributed by atoms with Crippen LogP contribution >= 0.6 is 0 Å². The first-order chi connectivity index (χ1) is 6.31. The SMILES string of the molecule is COc1ccc2c(C)cccc2c1. The van der Waals surface area contributed by atoms with Crippen molar-refractivity contribution >= 4 is 10.8 Å². The van der Waals surface area contributed by atoms with Crippen LogP contribution in [-0.2, 0) is 0 Å². The molecule has 13 heavy (non-hydrogen) atoms. The summed E-state index contributed by atoms with van der Waals surface area (Å²) in [5.41, 5.74) is 1.31. The van der Waals surface area contributed by atoms with E-state index in [1.54, 1.807) is 7.11 Å². The molecule has 0 unspecified atom stereocenters. The molecule has 0 aliphatic carbocycles. The van der Waals surface area contributed by atoms with Gasteiger partial charge in [0.05, 0.1) is 7.11 Å². The largest absolute Gasteiger partial charge is 0.497 e. The van der Waals surface area contributed by atoms with E-state index in [1.807, 2.05) is 6.07 Å². The number of fused-ring (bicyclic) bond motifs is 1. The molecular weight excluding hydrogens is 160 g/mol. The van der Waals surface area contributed by atoms with E-state index in [4.69, 9.17) is 4.74 Å². The van der Waals surface area contributed by atoms with Crippen LogP contribution in [0.15, 0.2) is 36.4 Å². The van der Waals surface area contributed by atoms with Gasteiger partial charge in [0.15, 0.2) is 0 Å². The summed E-state index contributed by atoms with van der Waals surface area (Å²) < 4.78 is 5.16. The third-order valence-electron chi connectivity index (χ3n) is 2.31. The van der Waals surface area contributed by atoms with Crippen molar-refractivity contribution in [2.24, 2.45) is 0 Å². The van der Waals surface area contributed by atoms with E-state index in [0.717, 1.165) is 5.75 Å². The van der Waals surface area contributed by atoms with Gasteiger partial charge in [0.1, 0.15) is 5.75 Å². The lowest BCUT2D eigenvalue weighted by molar-refractivity contribution is 0.415. The Labute approximate surface area is 78.0 Å². The number of methoxy groups -OCH3 is 1. The van der Waals surface area contributed by atoms with Crippen molar-refractivity contribution in [1.29, 1.82) is 0 Å². The lowest BCUT2D eigenvalue weighted by atomic mass is 10.1. The number of hydrogen-bond donors (Lipinski definition) is 0. The number of benzene rings is 2. The third-order valence-corrected chi connectivity index (χ3v) is 2.31. The molecule has 0 N–H and O–H groups in total. The zero-order chi connectivity index (χ0) is 9.26. The highest BCUT2D eigenvalue weighted by Gasteiger charge is 1.97. The predicted molar refractivity (Wildman–Crippen MR) is 55.2 cm³/mol. The summed E-state index contributed by atoms with van der Waals surface area (Å²) >= 11 is 0. The molecule has 2 aromatic carbocycles. The average molecular weight is 172 g/mol.